The average Bonchev–Trinajstić information content (AvgIpc) is 3.21. The fourth-order valence-electron chi connectivity index (χ4n) is 2.38. The molecule has 2 heterocycles. The number of thiazole rings is 1. The number of rotatable bonds is 4. The van der Waals surface area contributed by atoms with E-state index in [1.807, 2.05) is 13.0 Å². The quantitative estimate of drug-likeness (QED) is 0.594. The number of anilines is 3. The number of nitrogens with two attached hydrogens (primary N) is 1. The maximum absolute atomic E-state index is 12.0. The Morgan fingerprint density at radius 2 is 2.04 bits per heavy atom. The Kier molecular flexibility index (Phi) is 5.23. The zero-order valence-electron chi connectivity index (χ0n) is 16.3. The van der Waals surface area contributed by atoms with Crippen molar-refractivity contribution in [2.75, 3.05) is 23.4 Å². The topological polar surface area (TPSA) is 128 Å². The highest BCUT2D eigenvalue weighted by molar-refractivity contribution is 7.19. The van der Waals surface area contributed by atoms with Crippen molar-refractivity contribution in [3.63, 3.8) is 0 Å². The molecule has 0 aliphatic rings. The van der Waals surface area contributed by atoms with E-state index >= 15 is 0 Å². The summed E-state index contributed by atoms with van der Waals surface area (Å²) in [6, 6.07) is 5.41. The summed E-state index contributed by atoms with van der Waals surface area (Å²) in [5.41, 5.74) is 7.56. The van der Waals surface area contributed by atoms with Gasteiger partial charge in [0, 0.05) is 18.3 Å². The third kappa shape index (κ3) is 4.39. The van der Waals surface area contributed by atoms with Gasteiger partial charge in [0.05, 0.1) is 0 Å². The lowest BCUT2D eigenvalue weighted by Crippen LogP contribution is -2.27. The van der Waals surface area contributed by atoms with Crippen molar-refractivity contribution in [1.29, 1.82) is 0 Å². The summed E-state index contributed by atoms with van der Waals surface area (Å²) in [4.78, 5) is 21.2. The van der Waals surface area contributed by atoms with Crippen LogP contribution in [0.1, 0.15) is 26.3 Å². The van der Waals surface area contributed by atoms with Gasteiger partial charge in [-0.3, -0.25) is 5.32 Å². The lowest BCUT2D eigenvalue weighted by Gasteiger charge is -2.19. The zero-order chi connectivity index (χ0) is 20.5. The minimum absolute atomic E-state index is 0.288. The van der Waals surface area contributed by atoms with Crippen LogP contribution in [0.2, 0.25) is 0 Å². The lowest BCUT2D eigenvalue weighted by atomic mass is 10.1. The SMILES string of the molecule is CNc1nc(N)c(-c2nc(-c3cc(NC(=O)OC(C)(C)C)ccc3C)no2)s1. The molecule has 28 heavy (non-hydrogen) atoms. The van der Waals surface area contributed by atoms with E-state index in [-0.39, 0.29) is 5.89 Å². The van der Waals surface area contributed by atoms with Crippen LogP contribution >= 0.6 is 11.3 Å². The molecule has 3 aromatic rings. The van der Waals surface area contributed by atoms with Gasteiger partial charge in [-0.25, -0.2) is 9.78 Å². The van der Waals surface area contributed by atoms with E-state index in [9.17, 15) is 4.79 Å². The number of nitrogen functional groups attached to an aromatic ring is 1. The highest BCUT2D eigenvalue weighted by Gasteiger charge is 2.20. The molecule has 0 aliphatic carbocycles. The van der Waals surface area contributed by atoms with Crippen LogP contribution in [0, 0.1) is 6.92 Å². The monoisotopic (exact) mass is 402 g/mol. The highest BCUT2D eigenvalue weighted by atomic mass is 32.1. The molecule has 0 bridgehead atoms. The first-order chi connectivity index (χ1) is 13.2. The fourth-order valence-corrected chi connectivity index (χ4v) is 3.14. The number of aryl methyl sites for hydroxylation is 1. The molecule has 0 aliphatic heterocycles. The number of carbonyl (C=O) groups is 1. The highest BCUT2D eigenvalue weighted by Crippen LogP contribution is 2.35. The average molecular weight is 402 g/mol. The molecular weight excluding hydrogens is 380 g/mol. The Labute approximate surface area is 166 Å². The number of ether oxygens (including phenoxy) is 1. The number of carbonyl (C=O) groups excluding carboxylic acids is 1. The summed E-state index contributed by atoms with van der Waals surface area (Å²) in [6.07, 6.45) is -0.534. The first-order valence-corrected chi connectivity index (χ1v) is 9.37. The van der Waals surface area contributed by atoms with Crippen LogP contribution in [0.4, 0.5) is 21.4 Å². The van der Waals surface area contributed by atoms with Crippen LogP contribution in [-0.2, 0) is 4.74 Å². The van der Waals surface area contributed by atoms with Gasteiger partial charge in [0.25, 0.3) is 5.89 Å². The van der Waals surface area contributed by atoms with Crippen molar-refractivity contribution in [2.24, 2.45) is 0 Å². The first kappa shape index (κ1) is 19.6. The van der Waals surface area contributed by atoms with Crippen LogP contribution in [-0.4, -0.2) is 33.9 Å². The Morgan fingerprint density at radius 1 is 1.29 bits per heavy atom. The van der Waals surface area contributed by atoms with Gasteiger partial charge in [-0.1, -0.05) is 22.6 Å². The molecule has 1 amide bonds. The molecule has 0 atom stereocenters. The van der Waals surface area contributed by atoms with E-state index in [0.29, 0.717) is 27.3 Å². The molecule has 0 radical (unpaired) electrons. The molecule has 0 fully saturated rings. The molecule has 0 saturated heterocycles. The van der Waals surface area contributed by atoms with Gasteiger partial charge in [0.2, 0.25) is 5.82 Å². The standard InChI is InChI=1S/C18H22N6O3S/c1-9-6-7-10(21-17(25)26-18(2,3)4)8-11(9)14-23-15(27-24-14)12-13(19)22-16(20-5)28-12/h6-8H,19H2,1-5H3,(H,20,22)(H,21,25). The summed E-state index contributed by atoms with van der Waals surface area (Å²) in [7, 11) is 1.76. The van der Waals surface area contributed by atoms with Crippen molar-refractivity contribution >= 4 is 34.1 Å². The molecular formula is C18H22N6O3S. The van der Waals surface area contributed by atoms with Gasteiger partial charge in [0.15, 0.2) is 5.13 Å². The number of hydrogen-bond donors (Lipinski definition) is 3. The van der Waals surface area contributed by atoms with Crippen molar-refractivity contribution in [3.05, 3.63) is 23.8 Å². The summed E-state index contributed by atoms with van der Waals surface area (Å²) < 4.78 is 10.7. The van der Waals surface area contributed by atoms with Crippen molar-refractivity contribution in [3.8, 4) is 22.2 Å². The minimum atomic E-state index is -0.582. The maximum Gasteiger partial charge on any atom is 0.412 e. The third-order valence-corrected chi connectivity index (χ3v) is 4.69. The second kappa shape index (κ2) is 7.47. The third-order valence-electron chi connectivity index (χ3n) is 3.61. The number of nitrogens with one attached hydrogen (secondary N) is 2. The van der Waals surface area contributed by atoms with Crippen LogP contribution < -0.4 is 16.4 Å². The molecule has 3 rings (SSSR count). The summed E-state index contributed by atoms with van der Waals surface area (Å²) >= 11 is 1.33. The Hall–Kier alpha value is -3.14. The second-order valence-corrected chi connectivity index (χ2v) is 8.06. The van der Waals surface area contributed by atoms with Gasteiger partial charge >= 0.3 is 6.09 Å². The van der Waals surface area contributed by atoms with Gasteiger partial charge in [-0.2, -0.15) is 4.98 Å². The second-order valence-electron chi connectivity index (χ2n) is 7.06. The number of amides is 1. The number of hydrogen-bond acceptors (Lipinski definition) is 9. The summed E-state index contributed by atoms with van der Waals surface area (Å²) in [6.45, 7) is 7.33. The molecule has 1 aromatic carbocycles. The fraction of sp³-hybridized carbons (Fsp3) is 0.333. The molecule has 10 heteroatoms. The van der Waals surface area contributed by atoms with E-state index in [2.05, 4.69) is 25.8 Å². The number of benzene rings is 1. The van der Waals surface area contributed by atoms with E-state index in [4.69, 9.17) is 15.0 Å². The normalized spacial score (nSPS) is 11.3. The molecule has 0 spiro atoms. The van der Waals surface area contributed by atoms with Crippen LogP contribution in [0.5, 0.6) is 0 Å². The summed E-state index contributed by atoms with van der Waals surface area (Å²) in [5.74, 6) is 0.997. The predicted molar refractivity (Wildman–Crippen MR) is 109 cm³/mol. The smallest absolute Gasteiger partial charge is 0.412 e. The summed E-state index contributed by atoms with van der Waals surface area (Å²) in [5, 5.41) is 10.4. The van der Waals surface area contributed by atoms with Crippen molar-refractivity contribution in [1.82, 2.24) is 15.1 Å². The van der Waals surface area contributed by atoms with E-state index in [0.717, 1.165) is 11.1 Å². The number of nitrogens with zero attached hydrogens (tertiary/aromatic N) is 3. The Bertz CT molecular complexity index is 1010. The van der Waals surface area contributed by atoms with Gasteiger partial charge < -0.3 is 20.3 Å². The minimum Gasteiger partial charge on any atom is -0.444 e. The lowest BCUT2D eigenvalue weighted by molar-refractivity contribution is 0.0636. The Morgan fingerprint density at radius 3 is 2.68 bits per heavy atom. The van der Waals surface area contributed by atoms with Gasteiger partial charge in [0.1, 0.15) is 16.3 Å². The van der Waals surface area contributed by atoms with Crippen LogP contribution in [0.3, 0.4) is 0 Å². The molecule has 9 nitrogen and oxygen atoms in total. The predicted octanol–water partition coefficient (Wildman–Crippen LogP) is 4.14. The van der Waals surface area contributed by atoms with E-state index < -0.39 is 11.7 Å². The molecule has 148 valence electrons. The first-order valence-electron chi connectivity index (χ1n) is 8.55. The molecule has 4 N–H and O–H groups in total. The molecule has 0 unspecified atom stereocenters. The number of aromatic nitrogens is 3. The van der Waals surface area contributed by atoms with Gasteiger partial charge in [-0.05, 0) is 45.4 Å². The zero-order valence-corrected chi connectivity index (χ0v) is 17.1. The Balaban J connectivity index is 1.87. The van der Waals surface area contributed by atoms with Gasteiger partial charge in [-0.15, -0.1) is 0 Å². The van der Waals surface area contributed by atoms with E-state index in [1.54, 1.807) is 40.0 Å². The van der Waals surface area contributed by atoms with Crippen molar-refractivity contribution in [2.45, 2.75) is 33.3 Å². The van der Waals surface area contributed by atoms with Crippen LogP contribution in [0.25, 0.3) is 22.2 Å². The van der Waals surface area contributed by atoms with Crippen molar-refractivity contribution < 1.29 is 14.1 Å². The van der Waals surface area contributed by atoms with Crippen LogP contribution in [0.15, 0.2) is 22.7 Å². The molecule has 2 aromatic heterocycles. The molecule has 0 saturated carbocycles. The van der Waals surface area contributed by atoms with E-state index in [1.165, 1.54) is 11.3 Å². The largest absolute Gasteiger partial charge is 0.444 e. The maximum atomic E-state index is 12.0.